The summed E-state index contributed by atoms with van der Waals surface area (Å²) < 4.78 is 0. The second-order valence-corrected chi connectivity index (χ2v) is 6.72. The SMILES string of the molecule is C=CCN(CC=C)C(=O)c1ccc(NC(=O)NC(C)(C)CCC(=O)O)cc1. The van der Waals surface area contributed by atoms with Gasteiger partial charge in [-0.05, 0) is 44.5 Å². The van der Waals surface area contributed by atoms with Gasteiger partial charge in [-0.3, -0.25) is 9.59 Å². The van der Waals surface area contributed by atoms with Crippen molar-refractivity contribution in [1.29, 1.82) is 0 Å². The van der Waals surface area contributed by atoms with Crippen LogP contribution in [0.2, 0.25) is 0 Å². The summed E-state index contributed by atoms with van der Waals surface area (Å²) in [6.07, 6.45) is 3.57. The second kappa shape index (κ2) is 10.2. The van der Waals surface area contributed by atoms with E-state index >= 15 is 0 Å². The summed E-state index contributed by atoms with van der Waals surface area (Å²) in [6.45, 7) is 11.6. The number of urea groups is 1. The first-order chi connectivity index (χ1) is 12.7. The molecule has 0 spiro atoms. The second-order valence-electron chi connectivity index (χ2n) is 6.72. The van der Waals surface area contributed by atoms with Crippen molar-refractivity contribution in [3.8, 4) is 0 Å². The summed E-state index contributed by atoms with van der Waals surface area (Å²) in [7, 11) is 0. The molecule has 0 heterocycles. The van der Waals surface area contributed by atoms with E-state index in [-0.39, 0.29) is 12.3 Å². The van der Waals surface area contributed by atoms with Crippen molar-refractivity contribution in [2.45, 2.75) is 32.2 Å². The van der Waals surface area contributed by atoms with Crippen molar-refractivity contribution in [2.75, 3.05) is 18.4 Å². The summed E-state index contributed by atoms with van der Waals surface area (Å²) in [5.74, 6) is -1.06. The zero-order valence-electron chi connectivity index (χ0n) is 15.8. The van der Waals surface area contributed by atoms with Gasteiger partial charge in [0.2, 0.25) is 0 Å². The predicted molar refractivity (Wildman–Crippen MR) is 106 cm³/mol. The number of nitrogens with zero attached hydrogens (tertiary/aromatic N) is 1. The summed E-state index contributed by atoms with van der Waals surface area (Å²) in [5.41, 5.74) is 0.359. The smallest absolute Gasteiger partial charge is 0.319 e. The highest BCUT2D eigenvalue weighted by atomic mass is 16.4. The molecule has 0 bridgehead atoms. The molecule has 3 N–H and O–H groups in total. The molecule has 0 saturated carbocycles. The average molecular weight is 373 g/mol. The number of carboxylic acid groups (broad SMARTS) is 1. The molecular formula is C20H27N3O4. The van der Waals surface area contributed by atoms with E-state index in [1.54, 1.807) is 55.2 Å². The van der Waals surface area contributed by atoms with Gasteiger partial charge in [0, 0.05) is 36.3 Å². The van der Waals surface area contributed by atoms with Gasteiger partial charge >= 0.3 is 12.0 Å². The van der Waals surface area contributed by atoms with Crippen LogP contribution in [0, 0.1) is 0 Å². The summed E-state index contributed by atoms with van der Waals surface area (Å²) in [5, 5.41) is 14.2. The van der Waals surface area contributed by atoms with Crippen LogP contribution in [0.1, 0.15) is 37.0 Å². The number of amides is 3. The largest absolute Gasteiger partial charge is 0.481 e. The lowest BCUT2D eigenvalue weighted by atomic mass is 9.99. The van der Waals surface area contributed by atoms with E-state index in [1.165, 1.54) is 0 Å². The molecule has 0 atom stereocenters. The maximum Gasteiger partial charge on any atom is 0.319 e. The molecule has 0 fully saturated rings. The molecule has 1 aromatic carbocycles. The predicted octanol–water partition coefficient (Wildman–Crippen LogP) is 3.27. The van der Waals surface area contributed by atoms with Crippen LogP contribution >= 0.6 is 0 Å². The number of carboxylic acids is 1. The van der Waals surface area contributed by atoms with Gasteiger partial charge in [0.25, 0.3) is 5.91 Å². The number of aliphatic carboxylic acids is 1. The minimum atomic E-state index is -0.910. The molecular weight excluding hydrogens is 346 g/mol. The molecule has 0 aliphatic rings. The molecule has 27 heavy (non-hydrogen) atoms. The molecule has 0 unspecified atom stereocenters. The van der Waals surface area contributed by atoms with Gasteiger partial charge in [0.1, 0.15) is 0 Å². The molecule has 1 aromatic rings. The number of carbonyl (C=O) groups excluding carboxylic acids is 2. The van der Waals surface area contributed by atoms with Crippen LogP contribution in [-0.2, 0) is 4.79 Å². The standard InChI is InChI=1S/C20H27N3O4/c1-5-13-23(14-6-2)18(26)15-7-9-16(10-8-15)21-19(27)22-20(3,4)12-11-17(24)25/h5-10H,1-2,11-14H2,3-4H3,(H,24,25)(H2,21,22,27). The van der Waals surface area contributed by atoms with Crippen LogP contribution in [0.25, 0.3) is 0 Å². The Kier molecular flexibility index (Phi) is 8.26. The maximum absolute atomic E-state index is 12.5. The van der Waals surface area contributed by atoms with Gasteiger partial charge < -0.3 is 20.6 Å². The fourth-order valence-electron chi connectivity index (χ4n) is 2.38. The number of hydrogen-bond donors (Lipinski definition) is 3. The van der Waals surface area contributed by atoms with Gasteiger partial charge in [-0.2, -0.15) is 0 Å². The quantitative estimate of drug-likeness (QED) is 0.548. The van der Waals surface area contributed by atoms with Crippen LogP contribution in [-0.4, -0.2) is 46.5 Å². The highest BCUT2D eigenvalue weighted by molar-refractivity contribution is 5.95. The first-order valence-corrected chi connectivity index (χ1v) is 8.60. The molecule has 1 rings (SSSR count). The number of rotatable bonds is 10. The lowest BCUT2D eigenvalue weighted by Crippen LogP contribution is -2.45. The molecule has 3 amide bonds. The van der Waals surface area contributed by atoms with Crippen molar-refractivity contribution >= 4 is 23.6 Å². The number of anilines is 1. The Morgan fingerprint density at radius 1 is 1.11 bits per heavy atom. The Balaban J connectivity index is 2.69. The fraction of sp³-hybridized carbons (Fsp3) is 0.350. The molecule has 0 saturated heterocycles. The number of nitrogens with one attached hydrogen (secondary N) is 2. The summed E-state index contributed by atoms with van der Waals surface area (Å²) in [6, 6.07) is 6.09. The van der Waals surface area contributed by atoms with E-state index in [1.807, 2.05) is 0 Å². The van der Waals surface area contributed by atoms with E-state index in [4.69, 9.17) is 5.11 Å². The van der Waals surface area contributed by atoms with Gasteiger partial charge in [-0.25, -0.2) is 4.79 Å². The molecule has 0 radical (unpaired) electrons. The molecule has 0 aromatic heterocycles. The molecule has 146 valence electrons. The highest BCUT2D eigenvalue weighted by Gasteiger charge is 2.21. The third-order valence-corrected chi connectivity index (χ3v) is 3.79. The van der Waals surface area contributed by atoms with Crippen LogP contribution in [0.4, 0.5) is 10.5 Å². The Labute approximate surface area is 159 Å². The van der Waals surface area contributed by atoms with Crippen LogP contribution in [0.3, 0.4) is 0 Å². The van der Waals surface area contributed by atoms with Crippen LogP contribution in [0.5, 0.6) is 0 Å². The lowest BCUT2D eigenvalue weighted by Gasteiger charge is -2.25. The maximum atomic E-state index is 12.5. The van der Waals surface area contributed by atoms with Gasteiger partial charge in [-0.15, -0.1) is 13.2 Å². The first-order valence-electron chi connectivity index (χ1n) is 8.60. The Hall–Kier alpha value is -3.09. The first kappa shape index (κ1) is 22.0. The Morgan fingerprint density at radius 3 is 2.15 bits per heavy atom. The van der Waals surface area contributed by atoms with E-state index < -0.39 is 17.5 Å². The van der Waals surface area contributed by atoms with E-state index in [0.717, 1.165) is 0 Å². The Bertz CT molecular complexity index is 686. The third-order valence-electron chi connectivity index (χ3n) is 3.79. The van der Waals surface area contributed by atoms with Crippen molar-refractivity contribution in [3.63, 3.8) is 0 Å². The average Bonchev–Trinajstić information content (AvgIpc) is 2.59. The van der Waals surface area contributed by atoms with Crippen molar-refractivity contribution < 1.29 is 19.5 Å². The molecule has 0 aliphatic carbocycles. The van der Waals surface area contributed by atoms with E-state index in [9.17, 15) is 14.4 Å². The zero-order valence-corrected chi connectivity index (χ0v) is 15.8. The van der Waals surface area contributed by atoms with Crippen LogP contribution < -0.4 is 10.6 Å². The zero-order chi connectivity index (χ0) is 20.4. The van der Waals surface area contributed by atoms with Crippen molar-refractivity contribution in [1.82, 2.24) is 10.2 Å². The van der Waals surface area contributed by atoms with Crippen molar-refractivity contribution in [3.05, 3.63) is 55.1 Å². The summed E-state index contributed by atoms with van der Waals surface area (Å²) >= 11 is 0. The van der Waals surface area contributed by atoms with Crippen molar-refractivity contribution in [2.24, 2.45) is 0 Å². The Morgan fingerprint density at radius 2 is 1.67 bits per heavy atom. The topological polar surface area (TPSA) is 98.7 Å². The molecule has 7 nitrogen and oxygen atoms in total. The summed E-state index contributed by atoms with van der Waals surface area (Å²) in [4.78, 5) is 36.8. The van der Waals surface area contributed by atoms with Gasteiger partial charge in [0.05, 0.1) is 0 Å². The molecule has 7 heteroatoms. The number of carbonyl (C=O) groups is 3. The normalized spacial score (nSPS) is 10.6. The third kappa shape index (κ3) is 7.77. The highest BCUT2D eigenvalue weighted by Crippen LogP contribution is 2.14. The monoisotopic (exact) mass is 373 g/mol. The van der Waals surface area contributed by atoms with Gasteiger partial charge in [-0.1, -0.05) is 12.2 Å². The number of hydrogen-bond acceptors (Lipinski definition) is 3. The lowest BCUT2D eigenvalue weighted by molar-refractivity contribution is -0.137. The minimum absolute atomic E-state index is 0.0317. The minimum Gasteiger partial charge on any atom is -0.481 e. The fourth-order valence-corrected chi connectivity index (χ4v) is 2.38. The molecule has 0 aliphatic heterocycles. The van der Waals surface area contributed by atoms with Crippen LogP contribution in [0.15, 0.2) is 49.6 Å². The van der Waals surface area contributed by atoms with Gasteiger partial charge in [0.15, 0.2) is 0 Å². The van der Waals surface area contributed by atoms with E-state index in [2.05, 4.69) is 23.8 Å². The number of benzene rings is 1. The van der Waals surface area contributed by atoms with E-state index in [0.29, 0.717) is 30.8 Å².